The Labute approximate surface area is 911 Å². The molecule has 1 N–H and O–H groups in total. The Hall–Kier alpha value is -16.0. The van der Waals surface area contributed by atoms with E-state index in [-0.39, 0.29) is 89.1 Å². The maximum atomic E-state index is 10.0. The van der Waals surface area contributed by atoms with Crippen molar-refractivity contribution in [2.45, 2.75) is 98.4 Å². The molecule has 2 aliphatic carbocycles. The molecule has 0 spiro atoms. The number of carbonyl (C=O) groups excluding carboxylic acids is 1. The summed E-state index contributed by atoms with van der Waals surface area (Å²) in [5.74, 6) is 2.01. The smallest absolute Gasteiger partial charge is 0.512 e. The summed E-state index contributed by atoms with van der Waals surface area (Å²) in [6.07, 6.45) is 11.8. The Bertz CT molecular complexity index is 8500. The normalized spacial score (nSPS) is 12.8. The second-order valence-electron chi connectivity index (χ2n) is 39.1. The van der Waals surface area contributed by atoms with E-state index in [2.05, 4.69) is 393 Å². The standard InChI is InChI=1S/C46H34N4.C29H23N4.C24H18N.C18H12N.C11H8N.C5H8O2.2Ir.Pt/c1-45(2)36-19-11-17-34-35-18-12-20-37-43(35)50(42(34)36)44-38(45)27-33(28-39(44)46(37,3)4)49(31-15-9-13-29(25-31)40-21-5-7-23-47-40)32-16-10-14-30(26-32)41-22-6-8-24-48-41;1-19-6-10-21(11-7-19)27-30-28(22-12-8-20(2)9-13-22)32-29(31-27)23-14-15-25-24(17-23)18-33-16-4-3-5-26(25)33;1-24(2)20-9-5-4-8-18(20)19-13-11-17(15-21(19)24)23-14-12-16-7-3-6-10-22(16)25-23;1-2-6-13(7-3-1)18-11-15-10-14-8-4-5-9-16(14)17(15)12-19-18;1-2-6-10(7-3-1)11-8-4-5-9-12-11;1-4(6)3-5(2)7;;;/h5-24,27-28H,1-4H3;3-17H,18H2,1-2H3;3-10,12-15H,1-2H3;1-6,8-9,11-12H,10H2;1-6,8-9H;3,6H,1-2H3;;;/q-2;+1;3*-1;;;;+2. The predicted octanol–water partition coefficient (Wildman–Crippen LogP) is 30.8. The number of fused-ring (bicyclic) bond motifs is 11. The Kier molecular flexibility index (Phi) is 29.5. The van der Waals surface area contributed by atoms with Gasteiger partial charge in [-0.2, -0.15) is 4.57 Å². The molecule has 0 atom stereocenters. The van der Waals surface area contributed by atoms with Crippen LogP contribution in [0.15, 0.2) is 419 Å². The van der Waals surface area contributed by atoms with E-state index in [1.54, 1.807) is 6.20 Å². The van der Waals surface area contributed by atoms with Crippen LogP contribution in [-0.4, -0.2) is 55.3 Å². The summed E-state index contributed by atoms with van der Waals surface area (Å²) < 4.78 is 4.85. The molecule has 0 unspecified atom stereocenters. The van der Waals surface area contributed by atoms with Gasteiger partial charge in [0.2, 0.25) is 5.69 Å². The molecule has 22 aromatic rings. The molecule has 0 saturated heterocycles. The van der Waals surface area contributed by atoms with Crippen LogP contribution in [-0.2, 0) is 95.3 Å². The van der Waals surface area contributed by atoms with E-state index in [9.17, 15) is 4.79 Å². The van der Waals surface area contributed by atoms with Gasteiger partial charge in [0.25, 0.3) is 0 Å². The number of benzene rings is 14. The molecule has 16 heteroatoms. The Morgan fingerprint density at radius 2 is 0.893 bits per heavy atom. The van der Waals surface area contributed by atoms with Gasteiger partial charge in [-0.25, -0.2) is 15.0 Å². The Morgan fingerprint density at radius 3 is 1.46 bits per heavy atom. The van der Waals surface area contributed by atoms with E-state index in [1.807, 2.05) is 128 Å². The van der Waals surface area contributed by atoms with Gasteiger partial charge in [0, 0.05) is 138 Å². The quantitative estimate of drug-likeness (QED) is 0.0538. The molecule has 0 amide bonds. The Morgan fingerprint density at radius 1 is 0.389 bits per heavy atom. The molecule has 0 saturated carbocycles. The molecule has 13 nitrogen and oxygen atoms in total. The minimum atomic E-state index is -0.248. The first-order valence-corrected chi connectivity index (χ1v) is 49.4. The molecular weight excluding hydrogens is 2360 g/mol. The van der Waals surface area contributed by atoms with Gasteiger partial charge >= 0.3 is 21.1 Å². The summed E-state index contributed by atoms with van der Waals surface area (Å²) in [5, 5.41) is 12.2. The van der Waals surface area contributed by atoms with Crippen molar-refractivity contribution in [3.8, 4) is 130 Å². The van der Waals surface area contributed by atoms with Crippen LogP contribution in [0.5, 0.6) is 0 Å². The number of aryl methyl sites for hydroxylation is 2. The zero-order valence-corrected chi connectivity index (χ0v) is 91.0. The van der Waals surface area contributed by atoms with Crippen LogP contribution in [0.1, 0.15) is 117 Å². The molecule has 149 heavy (non-hydrogen) atoms. The number of allylic oxidation sites excluding steroid dienone is 2. The number of nitrogens with zero attached hydrogens (tertiary/aromatic N) is 11. The largest absolute Gasteiger partial charge is 2.00 e. The SMILES string of the molecule is CC(=O)C=C(C)O.CC1(C)c2cc(N(c3[c-]c(-c4ccccn4)ccc3)c3[c-]c(-c4ccccn4)ccc3)cc3c2-n2c4c1cccc4c1cccc(c12)C3(C)C.CC1(C)c2ccccc2-c2c[c-]c(-c3ccc4ccccc4n3)cc21.Cc1ccc(-c2nc(-c3ccc(C)cc3)nc(-c3ccc4c(c3)C[n+]3ccccc3-4)n2)cc1.[Ir].[Ir].[Pt+2].[c-]1ccccc1-c1cc2c(cn1)-c1ccccc1C2.[c-]1ccccc1-c1ccccn1. The monoisotopic (exact) mass is 2470 g/mol. The zero-order chi connectivity index (χ0) is 99.9. The van der Waals surface area contributed by atoms with E-state index in [4.69, 9.17) is 25.0 Å². The first-order chi connectivity index (χ1) is 71.1. The molecule has 27 rings (SSSR count). The van der Waals surface area contributed by atoms with Gasteiger partial charge in [-0.05, 0) is 184 Å². The number of hydrogen-bond acceptors (Lipinski definition) is 11. The third-order valence-electron chi connectivity index (χ3n) is 28.3. The zero-order valence-electron chi connectivity index (χ0n) is 83.9. The number of aromatic nitrogens is 10. The maximum absolute atomic E-state index is 10.0. The van der Waals surface area contributed by atoms with Crippen LogP contribution >= 0.6 is 0 Å². The van der Waals surface area contributed by atoms with Gasteiger partial charge < -0.3 is 34.5 Å². The summed E-state index contributed by atoms with van der Waals surface area (Å²) in [6.45, 7) is 22.0. The molecule has 14 aromatic carbocycles. The van der Waals surface area contributed by atoms with Gasteiger partial charge in [0.1, 0.15) is 0 Å². The second-order valence-corrected chi connectivity index (χ2v) is 39.1. The van der Waals surface area contributed by atoms with Crippen LogP contribution in [0.2, 0.25) is 0 Å². The fraction of sp³-hybridized carbons (Fsp3) is 0.113. The van der Waals surface area contributed by atoms with Crippen molar-refractivity contribution in [1.29, 1.82) is 0 Å². The van der Waals surface area contributed by atoms with Crippen molar-refractivity contribution in [3.05, 3.63) is 510 Å². The topological polar surface area (TPSA) is 152 Å². The third-order valence-corrected chi connectivity index (χ3v) is 28.3. The number of hydrogen-bond donors (Lipinski definition) is 1. The minimum absolute atomic E-state index is 0. The summed E-state index contributed by atoms with van der Waals surface area (Å²) in [7, 11) is 0. The fourth-order valence-electron chi connectivity index (χ4n) is 20.9. The summed E-state index contributed by atoms with van der Waals surface area (Å²) >= 11 is 0. The first-order valence-electron chi connectivity index (χ1n) is 49.4. The van der Waals surface area contributed by atoms with Crippen molar-refractivity contribution in [2.24, 2.45) is 0 Å². The predicted molar refractivity (Wildman–Crippen MR) is 590 cm³/mol. The Balaban J connectivity index is 0.000000122. The number of anilines is 3. The average Bonchev–Trinajstić information content (AvgIpc) is 1.51. The van der Waals surface area contributed by atoms with Crippen LogP contribution in [0.25, 0.3) is 162 Å². The van der Waals surface area contributed by atoms with Gasteiger partial charge in [0.15, 0.2) is 36.0 Å². The van der Waals surface area contributed by atoms with Crippen molar-refractivity contribution in [2.75, 3.05) is 4.90 Å². The van der Waals surface area contributed by atoms with Gasteiger partial charge in [0.05, 0.1) is 33.6 Å². The average molecular weight is 2470 g/mol. The van der Waals surface area contributed by atoms with Gasteiger partial charge in [-0.1, -0.05) is 276 Å². The van der Waals surface area contributed by atoms with E-state index < -0.39 is 0 Å². The van der Waals surface area contributed by atoms with E-state index in [0.29, 0.717) is 17.5 Å². The van der Waals surface area contributed by atoms with Crippen LogP contribution in [0.3, 0.4) is 0 Å². The van der Waals surface area contributed by atoms with Crippen LogP contribution in [0.4, 0.5) is 17.1 Å². The van der Waals surface area contributed by atoms with Crippen molar-refractivity contribution >= 4 is 55.6 Å². The van der Waals surface area contributed by atoms with Crippen molar-refractivity contribution < 1.29 is 75.7 Å². The van der Waals surface area contributed by atoms with Crippen LogP contribution < -0.4 is 9.47 Å². The molecule has 0 bridgehead atoms. The number of pyridine rings is 6. The number of para-hydroxylation sites is 3. The summed E-state index contributed by atoms with van der Waals surface area (Å²) in [6, 6.07) is 148. The molecule has 3 aliphatic heterocycles. The van der Waals surface area contributed by atoms with Crippen molar-refractivity contribution in [1.82, 2.24) is 44.4 Å². The number of carbonyl (C=O) groups is 1. The molecule has 8 aromatic heterocycles. The first kappa shape index (κ1) is 102. The number of ketones is 1. The van der Waals surface area contributed by atoms with E-state index in [1.165, 1.54) is 148 Å². The molecular formula is C133H103Ir2N11O2Pt-2. The van der Waals surface area contributed by atoms with Crippen molar-refractivity contribution in [3.63, 3.8) is 0 Å². The molecule has 11 heterocycles. The molecule has 2 radical (unpaired) electrons. The molecule has 732 valence electrons. The minimum Gasteiger partial charge on any atom is -0.512 e. The third kappa shape index (κ3) is 20.3. The second kappa shape index (κ2) is 43.2. The van der Waals surface area contributed by atoms with E-state index >= 15 is 0 Å². The fourth-order valence-corrected chi connectivity index (χ4v) is 20.9. The molecule has 5 aliphatic rings. The summed E-state index contributed by atoms with van der Waals surface area (Å²) in [5.41, 5.74) is 42.5. The van der Waals surface area contributed by atoms with Crippen LogP contribution in [0, 0.1) is 44.2 Å². The van der Waals surface area contributed by atoms with E-state index in [0.717, 1.165) is 109 Å². The number of rotatable bonds is 12. The summed E-state index contributed by atoms with van der Waals surface area (Å²) in [4.78, 5) is 49.9. The van der Waals surface area contributed by atoms with Gasteiger partial charge in [-0.15, -0.1) is 161 Å². The maximum Gasteiger partial charge on any atom is 2.00 e. The number of aliphatic hydroxyl groups is 1. The van der Waals surface area contributed by atoms with Gasteiger partial charge in [-0.3, -0.25) is 9.78 Å². The number of aliphatic hydroxyl groups excluding tert-OH is 1. The molecule has 0 fully saturated rings.